The molecule has 0 saturated carbocycles. The van der Waals surface area contributed by atoms with Crippen molar-refractivity contribution in [3.8, 4) is 0 Å². The fraction of sp³-hybridized carbons (Fsp3) is 0.111. The lowest BCUT2D eigenvalue weighted by atomic mass is 10.1. The molecule has 1 aromatic rings. The molecule has 57 valence electrons. The molecular formula is C9H9O2. The lowest BCUT2D eigenvalue weighted by Crippen LogP contribution is -1.92. The first kappa shape index (κ1) is 7.79. The Balaban J connectivity index is 2.69. The van der Waals surface area contributed by atoms with Gasteiger partial charge in [-0.1, -0.05) is 24.3 Å². The second-order valence-corrected chi connectivity index (χ2v) is 2.18. The summed E-state index contributed by atoms with van der Waals surface area (Å²) in [5.74, 6) is 0. The SMILES string of the molecule is [CH2]c1ccccc1COC=O. The minimum Gasteiger partial charge on any atom is -0.463 e. The summed E-state index contributed by atoms with van der Waals surface area (Å²) in [5.41, 5.74) is 1.84. The van der Waals surface area contributed by atoms with Crippen LogP contribution in [0.4, 0.5) is 0 Å². The van der Waals surface area contributed by atoms with Gasteiger partial charge in [0.15, 0.2) is 0 Å². The number of carbonyl (C=O) groups is 1. The number of carbonyl (C=O) groups excluding carboxylic acids is 1. The Morgan fingerprint density at radius 3 is 2.82 bits per heavy atom. The summed E-state index contributed by atoms with van der Waals surface area (Å²) in [6.45, 7) is 4.52. The predicted molar refractivity (Wildman–Crippen MR) is 41.8 cm³/mol. The minimum atomic E-state index is 0.309. The van der Waals surface area contributed by atoms with E-state index in [1.807, 2.05) is 24.3 Å². The predicted octanol–water partition coefficient (Wildman–Crippen LogP) is 1.54. The van der Waals surface area contributed by atoms with E-state index in [-0.39, 0.29) is 0 Å². The van der Waals surface area contributed by atoms with E-state index in [0.29, 0.717) is 13.1 Å². The molecule has 1 aromatic carbocycles. The van der Waals surface area contributed by atoms with Crippen LogP contribution < -0.4 is 0 Å². The van der Waals surface area contributed by atoms with Crippen molar-refractivity contribution in [1.82, 2.24) is 0 Å². The Bertz CT molecular complexity index is 243. The first-order valence-electron chi connectivity index (χ1n) is 3.29. The van der Waals surface area contributed by atoms with Crippen LogP contribution in [0.25, 0.3) is 0 Å². The van der Waals surface area contributed by atoms with Gasteiger partial charge < -0.3 is 4.74 Å². The maximum Gasteiger partial charge on any atom is 0.293 e. The van der Waals surface area contributed by atoms with E-state index in [1.165, 1.54) is 0 Å². The highest BCUT2D eigenvalue weighted by atomic mass is 16.5. The third-order valence-electron chi connectivity index (χ3n) is 1.43. The fourth-order valence-corrected chi connectivity index (χ4v) is 0.822. The van der Waals surface area contributed by atoms with Crippen molar-refractivity contribution >= 4 is 6.47 Å². The molecule has 0 amide bonds. The second-order valence-electron chi connectivity index (χ2n) is 2.18. The van der Waals surface area contributed by atoms with E-state index in [1.54, 1.807) is 0 Å². The van der Waals surface area contributed by atoms with Gasteiger partial charge in [-0.15, -0.1) is 0 Å². The summed E-state index contributed by atoms with van der Waals surface area (Å²) in [4.78, 5) is 9.85. The molecule has 0 saturated heterocycles. The molecule has 0 atom stereocenters. The fourth-order valence-electron chi connectivity index (χ4n) is 0.822. The quantitative estimate of drug-likeness (QED) is 0.609. The normalized spacial score (nSPS) is 9.18. The van der Waals surface area contributed by atoms with E-state index < -0.39 is 0 Å². The zero-order chi connectivity index (χ0) is 8.10. The summed E-state index contributed by atoms with van der Waals surface area (Å²) < 4.78 is 4.58. The molecule has 0 fully saturated rings. The maximum absolute atomic E-state index is 9.85. The molecule has 0 unspecified atom stereocenters. The van der Waals surface area contributed by atoms with Crippen molar-refractivity contribution < 1.29 is 9.53 Å². The first-order chi connectivity index (χ1) is 5.34. The maximum atomic E-state index is 9.85. The summed E-state index contributed by atoms with van der Waals surface area (Å²) in [7, 11) is 0. The van der Waals surface area contributed by atoms with E-state index in [2.05, 4.69) is 11.7 Å². The molecule has 2 nitrogen and oxygen atoms in total. The summed E-state index contributed by atoms with van der Waals surface area (Å²) >= 11 is 0. The molecule has 0 heterocycles. The lowest BCUT2D eigenvalue weighted by Gasteiger charge is -2.01. The van der Waals surface area contributed by atoms with Crippen LogP contribution in [-0.4, -0.2) is 6.47 Å². The summed E-state index contributed by atoms with van der Waals surface area (Å²) in [6, 6.07) is 7.54. The largest absolute Gasteiger partial charge is 0.463 e. The number of benzene rings is 1. The van der Waals surface area contributed by atoms with Gasteiger partial charge in [0, 0.05) is 0 Å². The first-order valence-corrected chi connectivity index (χ1v) is 3.29. The minimum absolute atomic E-state index is 0.309. The van der Waals surface area contributed by atoms with Crippen molar-refractivity contribution in [3.05, 3.63) is 42.3 Å². The Morgan fingerprint density at radius 1 is 1.45 bits per heavy atom. The van der Waals surface area contributed by atoms with Gasteiger partial charge in [-0.05, 0) is 18.1 Å². The lowest BCUT2D eigenvalue weighted by molar-refractivity contribution is -0.129. The molecule has 0 bridgehead atoms. The van der Waals surface area contributed by atoms with Crippen LogP contribution in [0.3, 0.4) is 0 Å². The third kappa shape index (κ3) is 2.08. The molecule has 2 heteroatoms. The van der Waals surface area contributed by atoms with Crippen LogP contribution in [0.1, 0.15) is 11.1 Å². The average molecular weight is 149 g/mol. The molecule has 1 radical (unpaired) electrons. The molecule has 0 aromatic heterocycles. The van der Waals surface area contributed by atoms with Crippen LogP contribution in [0.2, 0.25) is 0 Å². The standard InChI is InChI=1S/C9H9O2/c1-8-4-2-3-5-9(8)6-11-7-10/h2-5,7H,1,6H2. The van der Waals surface area contributed by atoms with Gasteiger partial charge in [0.05, 0.1) is 0 Å². The summed E-state index contributed by atoms with van der Waals surface area (Å²) in [6.07, 6.45) is 0. The number of ether oxygens (including phenoxy) is 1. The molecule has 11 heavy (non-hydrogen) atoms. The average Bonchev–Trinajstić information content (AvgIpc) is 2.03. The Labute approximate surface area is 65.8 Å². The van der Waals surface area contributed by atoms with Crippen molar-refractivity contribution in [1.29, 1.82) is 0 Å². The molecular weight excluding hydrogens is 140 g/mol. The van der Waals surface area contributed by atoms with Crippen molar-refractivity contribution in [3.63, 3.8) is 0 Å². The van der Waals surface area contributed by atoms with Gasteiger partial charge in [-0.25, -0.2) is 0 Å². The van der Waals surface area contributed by atoms with Gasteiger partial charge in [0.1, 0.15) is 6.61 Å². The van der Waals surface area contributed by atoms with Gasteiger partial charge in [-0.2, -0.15) is 0 Å². The highest BCUT2D eigenvalue weighted by molar-refractivity contribution is 5.38. The highest BCUT2D eigenvalue weighted by Gasteiger charge is 1.94. The van der Waals surface area contributed by atoms with Crippen LogP contribution in [0.5, 0.6) is 0 Å². The Hall–Kier alpha value is -1.31. The number of rotatable bonds is 3. The molecule has 0 N–H and O–H groups in total. The van der Waals surface area contributed by atoms with Gasteiger partial charge in [-0.3, -0.25) is 4.79 Å². The summed E-state index contributed by atoms with van der Waals surface area (Å²) in [5, 5.41) is 0. The molecule has 0 spiro atoms. The Kier molecular flexibility index (Phi) is 2.66. The third-order valence-corrected chi connectivity index (χ3v) is 1.43. The van der Waals surface area contributed by atoms with Crippen LogP contribution in [0.15, 0.2) is 24.3 Å². The zero-order valence-corrected chi connectivity index (χ0v) is 6.12. The van der Waals surface area contributed by atoms with E-state index >= 15 is 0 Å². The zero-order valence-electron chi connectivity index (χ0n) is 6.12. The van der Waals surface area contributed by atoms with E-state index in [4.69, 9.17) is 0 Å². The van der Waals surface area contributed by atoms with Crippen molar-refractivity contribution in [2.75, 3.05) is 0 Å². The second kappa shape index (κ2) is 3.76. The molecule has 1 rings (SSSR count). The van der Waals surface area contributed by atoms with E-state index in [9.17, 15) is 4.79 Å². The molecule has 0 aliphatic carbocycles. The topological polar surface area (TPSA) is 26.3 Å². The van der Waals surface area contributed by atoms with Crippen molar-refractivity contribution in [2.45, 2.75) is 6.61 Å². The smallest absolute Gasteiger partial charge is 0.293 e. The molecule has 0 aliphatic heterocycles. The van der Waals surface area contributed by atoms with Gasteiger partial charge in [0.2, 0.25) is 0 Å². The van der Waals surface area contributed by atoms with Crippen LogP contribution in [-0.2, 0) is 16.1 Å². The number of hydrogen-bond donors (Lipinski definition) is 0. The van der Waals surface area contributed by atoms with E-state index in [0.717, 1.165) is 11.1 Å². The van der Waals surface area contributed by atoms with Crippen LogP contribution >= 0.6 is 0 Å². The van der Waals surface area contributed by atoms with Gasteiger partial charge >= 0.3 is 0 Å². The Morgan fingerprint density at radius 2 is 2.18 bits per heavy atom. The highest BCUT2D eigenvalue weighted by Crippen LogP contribution is 2.06. The van der Waals surface area contributed by atoms with Crippen molar-refractivity contribution in [2.24, 2.45) is 0 Å². The van der Waals surface area contributed by atoms with Crippen LogP contribution in [0, 0.1) is 6.92 Å². The monoisotopic (exact) mass is 149 g/mol. The number of hydrogen-bond acceptors (Lipinski definition) is 2. The molecule has 0 aliphatic rings. The van der Waals surface area contributed by atoms with Gasteiger partial charge in [0.25, 0.3) is 6.47 Å².